The molecule has 0 radical (unpaired) electrons. The van der Waals surface area contributed by atoms with E-state index in [0.29, 0.717) is 31.2 Å². The molecule has 1 fully saturated rings. The third-order valence-corrected chi connectivity index (χ3v) is 4.48. The van der Waals surface area contributed by atoms with Gasteiger partial charge in [0.2, 0.25) is 0 Å². The number of carboxylic acids is 1. The van der Waals surface area contributed by atoms with Crippen molar-refractivity contribution < 1.29 is 23.1 Å². The minimum Gasteiger partial charge on any atom is -0.481 e. The van der Waals surface area contributed by atoms with E-state index in [0.717, 1.165) is 18.6 Å². The van der Waals surface area contributed by atoms with E-state index in [9.17, 15) is 23.1 Å². The van der Waals surface area contributed by atoms with Crippen molar-refractivity contribution >= 4 is 5.97 Å². The first-order valence-corrected chi connectivity index (χ1v) is 7.19. The first-order chi connectivity index (χ1) is 9.78. The molecule has 1 aliphatic rings. The van der Waals surface area contributed by atoms with E-state index in [2.05, 4.69) is 0 Å². The molecule has 1 aromatic carbocycles. The van der Waals surface area contributed by atoms with Crippen molar-refractivity contribution in [1.29, 1.82) is 0 Å². The van der Waals surface area contributed by atoms with Crippen LogP contribution in [0.5, 0.6) is 0 Å². The maximum absolute atomic E-state index is 12.8. The van der Waals surface area contributed by atoms with Gasteiger partial charge in [0.25, 0.3) is 0 Å². The fraction of sp³-hybridized carbons (Fsp3) is 0.562. The Morgan fingerprint density at radius 3 is 2.71 bits per heavy atom. The van der Waals surface area contributed by atoms with Gasteiger partial charge in [-0.25, -0.2) is 0 Å². The number of benzene rings is 1. The van der Waals surface area contributed by atoms with Crippen molar-refractivity contribution in [3.8, 4) is 0 Å². The Kier molecular flexibility index (Phi) is 4.30. The van der Waals surface area contributed by atoms with Gasteiger partial charge in [-0.3, -0.25) is 4.79 Å². The van der Waals surface area contributed by atoms with Gasteiger partial charge in [-0.05, 0) is 43.2 Å². The van der Waals surface area contributed by atoms with Gasteiger partial charge in [0.05, 0.1) is 11.0 Å². The molecule has 2 atom stereocenters. The fourth-order valence-electron chi connectivity index (χ4n) is 3.39. The van der Waals surface area contributed by atoms with E-state index in [1.807, 2.05) is 6.92 Å². The summed E-state index contributed by atoms with van der Waals surface area (Å²) in [5, 5.41) is 9.46. The second-order valence-electron chi connectivity index (χ2n) is 5.90. The topological polar surface area (TPSA) is 37.3 Å². The van der Waals surface area contributed by atoms with Gasteiger partial charge in [0.1, 0.15) is 0 Å². The lowest BCUT2D eigenvalue weighted by Gasteiger charge is -2.24. The number of carbonyl (C=O) groups is 1. The zero-order chi connectivity index (χ0) is 15.7. The Morgan fingerprint density at radius 2 is 2.14 bits per heavy atom. The zero-order valence-electron chi connectivity index (χ0n) is 11.9. The summed E-state index contributed by atoms with van der Waals surface area (Å²) in [5.41, 5.74) is -0.833. The molecular weight excluding hydrogens is 281 g/mol. The van der Waals surface area contributed by atoms with Crippen molar-refractivity contribution in [2.75, 3.05) is 0 Å². The molecular formula is C16H19F3O2. The van der Waals surface area contributed by atoms with E-state index in [-0.39, 0.29) is 5.92 Å². The lowest BCUT2D eigenvalue weighted by atomic mass is 9.80. The van der Waals surface area contributed by atoms with Crippen LogP contribution >= 0.6 is 0 Å². The molecule has 0 aromatic heterocycles. The number of hydrogen-bond donors (Lipinski definition) is 1. The summed E-state index contributed by atoms with van der Waals surface area (Å²) in [6, 6.07) is 5.28. The minimum atomic E-state index is -4.36. The summed E-state index contributed by atoms with van der Waals surface area (Å²) in [6.45, 7) is 1.93. The first-order valence-electron chi connectivity index (χ1n) is 7.19. The molecule has 1 saturated carbocycles. The zero-order valence-corrected chi connectivity index (χ0v) is 11.9. The molecule has 21 heavy (non-hydrogen) atoms. The molecule has 0 spiro atoms. The highest BCUT2D eigenvalue weighted by Crippen LogP contribution is 2.50. The predicted molar refractivity (Wildman–Crippen MR) is 73.0 cm³/mol. The van der Waals surface area contributed by atoms with Gasteiger partial charge in [0, 0.05) is 0 Å². The average molecular weight is 300 g/mol. The number of hydrogen-bond acceptors (Lipinski definition) is 1. The second-order valence-corrected chi connectivity index (χ2v) is 5.90. The first kappa shape index (κ1) is 15.9. The summed E-state index contributed by atoms with van der Waals surface area (Å²) >= 11 is 0. The highest BCUT2D eigenvalue weighted by molar-refractivity contribution is 5.75. The Balaban J connectivity index is 2.23. The SMILES string of the molecule is CCCC1(C(=O)O)CCC(c2cccc(C(F)(F)F)c2)C1. The van der Waals surface area contributed by atoms with Crippen LogP contribution in [0.15, 0.2) is 24.3 Å². The molecule has 1 aliphatic carbocycles. The standard InChI is InChI=1S/C16H19F3O2/c1-2-7-15(14(20)21)8-6-12(10-15)11-4-3-5-13(9-11)16(17,18)19/h3-5,9,12H,2,6-8,10H2,1H3,(H,20,21). The Labute approximate surface area is 122 Å². The highest BCUT2D eigenvalue weighted by Gasteiger charge is 2.45. The Morgan fingerprint density at radius 1 is 1.43 bits per heavy atom. The fourth-order valence-corrected chi connectivity index (χ4v) is 3.39. The second kappa shape index (κ2) is 5.70. The molecule has 5 heteroatoms. The minimum absolute atomic E-state index is 0.102. The summed E-state index contributed by atoms with van der Waals surface area (Å²) in [7, 11) is 0. The molecule has 0 bridgehead atoms. The van der Waals surface area contributed by atoms with Gasteiger partial charge >= 0.3 is 12.1 Å². The van der Waals surface area contributed by atoms with E-state index in [1.165, 1.54) is 6.07 Å². The monoisotopic (exact) mass is 300 g/mol. The molecule has 2 unspecified atom stereocenters. The normalized spacial score (nSPS) is 26.0. The molecule has 2 rings (SSSR count). The van der Waals surface area contributed by atoms with Crippen molar-refractivity contribution in [2.24, 2.45) is 5.41 Å². The molecule has 1 aromatic rings. The van der Waals surface area contributed by atoms with Crippen LogP contribution < -0.4 is 0 Å². The molecule has 0 heterocycles. The van der Waals surface area contributed by atoms with Crippen molar-refractivity contribution in [1.82, 2.24) is 0 Å². The summed E-state index contributed by atoms with van der Waals surface area (Å²) in [6.07, 6.45) is -1.41. The van der Waals surface area contributed by atoms with Crippen molar-refractivity contribution in [2.45, 2.75) is 51.1 Å². The number of rotatable bonds is 4. The van der Waals surface area contributed by atoms with E-state index < -0.39 is 23.1 Å². The molecule has 2 nitrogen and oxygen atoms in total. The quantitative estimate of drug-likeness (QED) is 0.863. The van der Waals surface area contributed by atoms with Gasteiger partial charge in [-0.1, -0.05) is 31.5 Å². The van der Waals surface area contributed by atoms with Crippen LogP contribution in [0, 0.1) is 5.41 Å². The van der Waals surface area contributed by atoms with Crippen LogP contribution in [-0.4, -0.2) is 11.1 Å². The average Bonchev–Trinajstić information content (AvgIpc) is 2.84. The molecule has 0 aliphatic heterocycles. The summed E-state index contributed by atoms with van der Waals surface area (Å²) in [4.78, 5) is 11.5. The van der Waals surface area contributed by atoms with Crippen LogP contribution in [0.1, 0.15) is 56.1 Å². The van der Waals surface area contributed by atoms with Crippen LogP contribution in [0.25, 0.3) is 0 Å². The molecule has 0 saturated heterocycles. The summed E-state index contributed by atoms with van der Waals surface area (Å²) < 4.78 is 38.3. The molecule has 1 N–H and O–H groups in total. The highest BCUT2D eigenvalue weighted by atomic mass is 19.4. The smallest absolute Gasteiger partial charge is 0.416 e. The number of halogens is 3. The van der Waals surface area contributed by atoms with Gasteiger partial charge in [-0.15, -0.1) is 0 Å². The lowest BCUT2D eigenvalue weighted by Crippen LogP contribution is -2.27. The third kappa shape index (κ3) is 3.22. The van der Waals surface area contributed by atoms with Gasteiger partial charge in [-0.2, -0.15) is 13.2 Å². The Hall–Kier alpha value is -1.52. The van der Waals surface area contributed by atoms with E-state index in [4.69, 9.17) is 0 Å². The maximum Gasteiger partial charge on any atom is 0.416 e. The number of alkyl halides is 3. The van der Waals surface area contributed by atoms with Crippen LogP contribution in [0.3, 0.4) is 0 Å². The van der Waals surface area contributed by atoms with Gasteiger partial charge < -0.3 is 5.11 Å². The van der Waals surface area contributed by atoms with Crippen LogP contribution in [-0.2, 0) is 11.0 Å². The van der Waals surface area contributed by atoms with Crippen molar-refractivity contribution in [3.05, 3.63) is 35.4 Å². The molecule has 0 amide bonds. The van der Waals surface area contributed by atoms with Crippen LogP contribution in [0.2, 0.25) is 0 Å². The van der Waals surface area contributed by atoms with E-state index in [1.54, 1.807) is 6.07 Å². The Bertz CT molecular complexity index is 524. The number of carboxylic acid groups (broad SMARTS) is 1. The van der Waals surface area contributed by atoms with Gasteiger partial charge in [0.15, 0.2) is 0 Å². The summed E-state index contributed by atoms with van der Waals surface area (Å²) in [5.74, 6) is -0.922. The third-order valence-electron chi connectivity index (χ3n) is 4.48. The predicted octanol–water partition coefficient (Wildman–Crippen LogP) is 4.84. The number of aliphatic carboxylic acids is 1. The lowest BCUT2D eigenvalue weighted by molar-refractivity contribution is -0.149. The van der Waals surface area contributed by atoms with Crippen LogP contribution in [0.4, 0.5) is 13.2 Å². The van der Waals surface area contributed by atoms with Crippen molar-refractivity contribution in [3.63, 3.8) is 0 Å². The maximum atomic E-state index is 12.8. The largest absolute Gasteiger partial charge is 0.481 e. The van der Waals surface area contributed by atoms with E-state index >= 15 is 0 Å². The molecule has 116 valence electrons.